The number of rotatable bonds is 3. The van der Waals surface area contributed by atoms with Crippen molar-refractivity contribution in [3.05, 3.63) is 23.3 Å². The molecule has 94 valence electrons. The van der Waals surface area contributed by atoms with Crippen molar-refractivity contribution in [1.29, 1.82) is 0 Å². The Labute approximate surface area is 102 Å². The molecule has 1 aromatic rings. The van der Waals surface area contributed by atoms with E-state index < -0.39 is 0 Å². The fraction of sp³-hybridized carbons (Fsp3) is 0.571. The van der Waals surface area contributed by atoms with E-state index in [2.05, 4.69) is 19.9 Å². The molecule has 0 aliphatic carbocycles. The lowest BCUT2D eigenvalue weighted by molar-refractivity contribution is 0.296. The van der Waals surface area contributed by atoms with Crippen molar-refractivity contribution in [3.63, 3.8) is 0 Å². The molecule has 0 saturated carbocycles. The van der Waals surface area contributed by atoms with Gasteiger partial charge >= 0.3 is 0 Å². The number of aliphatic hydroxyl groups is 1. The topological polar surface area (TPSA) is 38.7 Å². The molecule has 1 aromatic carbocycles. The lowest BCUT2D eigenvalue weighted by Crippen LogP contribution is -2.02. The van der Waals surface area contributed by atoms with E-state index in [1.807, 2.05) is 6.07 Å². The van der Waals surface area contributed by atoms with Crippen LogP contribution in [0.4, 0.5) is 0 Å². The Morgan fingerprint density at radius 3 is 2.41 bits per heavy atom. The predicted octanol–water partition coefficient (Wildman–Crippen LogP) is 2.51. The normalized spacial score (nSPS) is 14.8. The number of aliphatic hydroxyl groups excluding tert-OH is 1. The van der Waals surface area contributed by atoms with Crippen molar-refractivity contribution in [3.8, 4) is 11.5 Å². The smallest absolute Gasteiger partial charge is 0.161 e. The number of benzene rings is 1. The fourth-order valence-electron chi connectivity index (χ4n) is 2.14. The lowest BCUT2D eigenvalue weighted by atomic mass is 9.95. The molecule has 17 heavy (non-hydrogen) atoms. The van der Waals surface area contributed by atoms with Crippen molar-refractivity contribution in [1.82, 2.24) is 0 Å². The van der Waals surface area contributed by atoms with Crippen molar-refractivity contribution >= 4 is 0 Å². The van der Waals surface area contributed by atoms with Crippen LogP contribution in [0.15, 0.2) is 12.1 Å². The third kappa shape index (κ3) is 2.72. The summed E-state index contributed by atoms with van der Waals surface area (Å²) in [5.74, 6) is 2.08. The summed E-state index contributed by atoms with van der Waals surface area (Å²) >= 11 is 0. The van der Waals surface area contributed by atoms with Crippen LogP contribution in [0.5, 0.6) is 11.5 Å². The molecule has 1 aliphatic heterocycles. The van der Waals surface area contributed by atoms with Crippen molar-refractivity contribution in [2.45, 2.75) is 32.6 Å². The molecule has 0 radical (unpaired) electrons. The van der Waals surface area contributed by atoms with Gasteiger partial charge in [0.25, 0.3) is 0 Å². The van der Waals surface area contributed by atoms with E-state index in [0.717, 1.165) is 23.5 Å². The summed E-state index contributed by atoms with van der Waals surface area (Å²) in [5.41, 5.74) is 2.40. The standard InChI is InChI=1S/C14H20O3/c1-10(2)12-9-14-13(8-11(12)4-5-15)16-6-3-7-17-14/h8-10,15H,3-7H2,1-2H3. The highest BCUT2D eigenvalue weighted by Crippen LogP contribution is 2.35. The van der Waals surface area contributed by atoms with Crippen LogP contribution in [-0.4, -0.2) is 24.9 Å². The maximum absolute atomic E-state index is 9.11. The van der Waals surface area contributed by atoms with Gasteiger partial charge in [-0.25, -0.2) is 0 Å². The molecule has 0 saturated heterocycles. The zero-order valence-corrected chi connectivity index (χ0v) is 10.5. The first-order valence-corrected chi connectivity index (χ1v) is 6.25. The molecule has 0 atom stereocenters. The average Bonchev–Trinajstić information content (AvgIpc) is 2.52. The highest BCUT2D eigenvalue weighted by atomic mass is 16.5. The average molecular weight is 236 g/mol. The Hall–Kier alpha value is -1.22. The first-order valence-electron chi connectivity index (χ1n) is 6.25. The molecule has 0 unspecified atom stereocenters. The molecule has 0 spiro atoms. The minimum Gasteiger partial charge on any atom is -0.490 e. The lowest BCUT2D eigenvalue weighted by Gasteiger charge is -2.16. The van der Waals surface area contributed by atoms with Crippen LogP contribution in [0.25, 0.3) is 0 Å². The molecule has 1 heterocycles. The number of hydrogen-bond donors (Lipinski definition) is 1. The van der Waals surface area contributed by atoms with Crippen LogP contribution in [0.2, 0.25) is 0 Å². The second-order valence-corrected chi connectivity index (χ2v) is 4.68. The van der Waals surface area contributed by atoms with Crippen LogP contribution in [0.1, 0.15) is 37.3 Å². The Bertz CT molecular complexity index is 385. The van der Waals surface area contributed by atoms with Crippen molar-refractivity contribution < 1.29 is 14.6 Å². The first kappa shape index (κ1) is 12.2. The van der Waals surface area contributed by atoms with E-state index in [0.29, 0.717) is 25.6 Å². The van der Waals surface area contributed by atoms with Crippen molar-refractivity contribution in [2.75, 3.05) is 19.8 Å². The molecule has 0 fully saturated rings. The van der Waals surface area contributed by atoms with Gasteiger partial charge in [0, 0.05) is 13.0 Å². The summed E-state index contributed by atoms with van der Waals surface area (Å²) in [4.78, 5) is 0. The van der Waals surface area contributed by atoms with E-state index in [-0.39, 0.29) is 6.61 Å². The van der Waals surface area contributed by atoms with Gasteiger partial charge in [0.2, 0.25) is 0 Å². The molecule has 2 rings (SSSR count). The molecule has 3 heteroatoms. The van der Waals surface area contributed by atoms with Gasteiger partial charge in [-0.2, -0.15) is 0 Å². The van der Waals surface area contributed by atoms with Crippen LogP contribution in [-0.2, 0) is 6.42 Å². The number of ether oxygens (including phenoxy) is 2. The minimum absolute atomic E-state index is 0.166. The third-order valence-corrected chi connectivity index (χ3v) is 3.01. The summed E-state index contributed by atoms with van der Waals surface area (Å²) in [6.45, 7) is 5.89. The molecule has 0 bridgehead atoms. The molecule has 3 nitrogen and oxygen atoms in total. The summed E-state index contributed by atoms with van der Waals surface area (Å²) in [5, 5.41) is 9.11. The van der Waals surface area contributed by atoms with Crippen LogP contribution < -0.4 is 9.47 Å². The third-order valence-electron chi connectivity index (χ3n) is 3.01. The second-order valence-electron chi connectivity index (χ2n) is 4.68. The SMILES string of the molecule is CC(C)c1cc2c(cc1CCO)OCCCO2. The van der Waals surface area contributed by atoms with Gasteiger partial charge in [-0.05, 0) is 35.6 Å². The number of fused-ring (bicyclic) bond motifs is 1. The quantitative estimate of drug-likeness (QED) is 0.876. The minimum atomic E-state index is 0.166. The maximum atomic E-state index is 9.11. The fourth-order valence-corrected chi connectivity index (χ4v) is 2.14. The van der Waals surface area contributed by atoms with E-state index in [1.54, 1.807) is 0 Å². The van der Waals surface area contributed by atoms with Crippen molar-refractivity contribution in [2.24, 2.45) is 0 Å². The monoisotopic (exact) mass is 236 g/mol. The van der Waals surface area contributed by atoms with Gasteiger partial charge in [0.1, 0.15) is 0 Å². The van der Waals surface area contributed by atoms with Gasteiger partial charge in [-0.1, -0.05) is 13.8 Å². The second kappa shape index (κ2) is 5.41. The van der Waals surface area contributed by atoms with Gasteiger partial charge < -0.3 is 14.6 Å². The Morgan fingerprint density at radius 2 is 1.82 bits per heavy atom. The van der Waals surface area contributed by atoms with Gasteiger partial charge in [-0.3, -0.25) is 0 Å². The largest absolute Gasteiger partial charge is 0.490 e. The molecule has 1 aliphatic rings. The van der Waals surface area contributed by atoms with E-state index in [9.17, 15) is 0 Å². The first-order chi connectivity index (χ1) is 8.22. The van der Waals surface area contributed by atoms with Gasteiger partial charge in [0.05, 0.1) is 13.2 Å². The van der Waals surface area contributed by atoms with Crippen LogP contribution in [0, 0.1) is 0 Å². The summed E-state index contributed by atoms with van der Waals surface area (Å²) in [6, 6.07) is 4.09. The molecule has 0 aromatic heterocycles. The highest BCUT2D eigenvalue weighted by molar-refractivity contribution is 5.49. The summed E-state index contributed by atoms with van der Waals surface area (Å²) in [6.07, 6.45) is 1.59. The summed E-state index contributed by atoms with van der Waals surface area (Å²) in [7, 11) is 0. The maximum Gasteiger partial charge on any atom is 0.161 e. The van der Waals surface area contributed by atoms with E-state index in [1.165, 1.54) is 5.56 Å². The van der Waals surface area contributed by atoms with E-state index >= 15 is 0 Å². The van der Waals surface area contributed by atoms with Crippen LogP contribution >= 0.6 is 0 Å². The summed E-state index contributed by atoms with van der Waals surface area (Å²) < 4.78 is 11.3. The Morgan fingerprint density at radius 1 is 1.18 bits per heavy atom. The molecule has 0 amide bonds. The van der Waals surface area contributed by atoms with Gasteiger partial charge in [-0.15, -0.1) is 0 Å². The zero-order chi connectivity index (χ0) is 12.3. The predicted molar refractivity (Wildman–Crippen MR) is 66.9 cm³/mol. The zero-order valence-electron chi connectivity index (χ0n) is 10.5. The molecule has 1 N–H and O–H groups in total. The van der Waals surface area contributed by atoms with Crippen LogP contribution in [0.3, 0.4) is 0 Å². The highest BCUT2D eigenvalue weighted by Gasteiger charge is 2.16. The Balaban J connectivity index is 2.41. The molecular formula is C14H20O3. The Kier molecular flexibility index (Phi) is 3.89. The van der Waals surface area contributed by atoms with Gasteiger partial charge in [0.15, 0.2) is 11.5 Å². The van der Waals surface area contributed by atoms with E-state index in [4.69, 9.17) is 14.6 Å². The number of hydrogen-bond acceptors (Lipinski definition) is 3. The molecular weight excluding hydrogens is 216 g/mol.